The summed E-state index contributed by atoms with van der Waals surface area (Å²) >= 11 is 1.67. The Morgan fingerprint density at radius 1 is 0.451 bits per heavy atom. The number of benzene rings is 7. The Morgan fingerprint density at radius 2 is 0.961 bits per heavy atom. The SMILES string of the molecule is c1ccc(Nc2ccc3c(c2)c2cc(N(c4ccccc4)c4cnc(N(c5ccccc5)c5ccccc5)s4)ccc2n3-c2ccccc2)cc1. The average molecular weight is 676 g/mol. The van der Waals surface area contributed by atoms with Crippen molar-refractivity contribution in [2.24, 2.45) is 0 Å². The summed E-state index contributed by atoms with van der Waals surface area (Å²) in [6, 6.07) is 65.8. The Bertz CT molecular complexity index is 2510. The molecule has 0 saturated heterocycles. The van der Waals surface area contributed by atoms with Crippen molar-refractivity contribution >= 4 is 77.4 Å². The predicted octanol–water partition coefficient (Wildman–Crippen LogP) is 12.9. The minimum absolute atomic E-state index is 0.890. The maximum Gasteiger partial charge on any atom is 0.196 e. The fraction of sp³-hybridized carbons (Fsp3) is 0. The molecule has 9 rings (SSSR count). The van der Waals surface area contributed by atoms with Crippen molar-refractivity contribution in [3.8, 4) is 5.69 Å². The largest absolute Gasteiger partial charge is 0.356 e. The van der Waals surface area contributed by atoms with Gasteiger partial charge in [-0.3, -0.25) is 4.90 Å². The van der Waals surface area contributed by atoms with Gasteiger partial charge < -0.3 is 14.8 Å². The Balaban J connectivity index is 1.21. The van der Waals surface area contributed by atoms with Crippen molar-refractivity contribution in [3.05, 3.63) is 194 Å². The van der Waals surface area contributed by atoms with Gasteiger partial charge in [-0.15, -0.1) is 0 Å². The molecule has 2 aromatic heterocycles. The van der Waals surface area contributed by atoms with E-state index in [0.29, 0.717) is 0 Å². The normalized spacial score (nSPS) is 11.1. The van der Waals surface area contributed by atoms with Crippen LogP contribution in [-0.4, -0.2) is 9.55 Å². The lowest BCUT2D eigenvalue weighted by Crippen LogP contribution is -2.09. The van der Waals surface area contributed by atoms with E-state index in [1.165, 1.54) is 10.8 Å². The molecular formula is C45H33N5S. The van der Waals surface area contributed by atoms with Crippen LogP contribution in [0.15, 0.2) is 194 Å². The number of rotatable bonds is 9. The van der Waals surface area contributed by atoms with Gasteiger partial charge in [-0.2, -0.15) is 0 Å². The first-order valence-corrected chi connectivity index (χ1v) is 17.8. The summed E-state index contributed by atoms with van der Waals surface area (Å²) in [5.41, 5.74) is 9.77. The summed E-state index contributed by atoms with van der Waals surface area (Å²) in [6.45, 7) is 0. The summed E-state index contributed by atoms with van der Waals surface area (Å²) in [7, 11) is 0. The number of hydrogen-bond acceptors (Lipinski definition) is 5. The van der Waals surface area contributed by atoms with Gasteiger partial charge in [0.25, 0.3) is 0 Å². The third-order valence-corrected chi connectivity index (χ3v) is 9.99. The molecule has 0 spiro atoms. The molecule has 0 atom stereocenters. The topological polar surface area (TPSA) is 36.3 Å². The van der Waals surface area contributed by atoms with Gasteiger partial charge in [-0.05, 0) is 97.1 Å². The van der Waals surface area contributed by atoms with Crippen molar-refractivity contribution in [2.45, 2.75) is 0 Å². The summed E-state index contributed by atoms with van der Waals surface area (Å²) in [5, 5.41) is 7.86. The van der Waals surface area contributed by atoms with Crippen LogP contribution in [-0.2, 0) is 0 Å². The highest BCUT2D eigenvalue weighted by molar-refractivity contribution is 7.19. The van der Waals surface area contributed by atoms with Gasteiger partial charge >= 0.3 is 0 Å². The van der Waals surface area contributed by atoms with E-state index in [0.717, 1.165) is 61.0 Å². The Labute approximate surface area is 300 Å². The molecule has 244 valence electrons. The molecule has 0 amide bonds. The van der Waals surface area contributed by atoms with E-state index in [2.05, 4.69) is 190 Å². The van der Waals surface area contributed by atoms with Crippen molar-refractivity contribution in [2.75, 3.05) is 15.1 Å². The minimum atomic E-state index is 0.890. The van der Waals surface area contributed by atoms with Gasteiger partial charge in [0.15, 0.2) is 5.13 Å². The first kappa shape index (κ1) is 30.4. The number of hydrogen-bond donors (Lipinski definition) is 1. The molecule has 0 saturated carbocycles. The summed E-state index contributed by atoms with van der Waals surface area (Å²) in [6.07, 6.45) is 1.99. The number of thiazole rings is 1. The molecule has 0 aliphatic heterocycles. The predicted molar refractivity (Wildman–Crippen MR) is 216 cm³/mol. The Kier molecular flexibility index (Phi) is 7.97. The van der Waals surface area contributed by atoms with Crippen LogP contribution in [0.1, 0.15) is 0 Å². The van der Waals surface area contributed by atoms with Crippen LogP contribution in [0.2, 0.25) is 0 Å². The van der Waals surface area contributed by atoms with Gasteiger partial charge in [0.1, 0.15) is 5.00 Å². The molecule has 0 aliphatic carbocycles. The Morgan fingerprint density at radius 3 is 1.57 bits per heavy atom. The van der Waals surface area contributed by atoms with E-state index in [1.54, 1.807) is 11.3 Å². The van der Waals surface area contributed by atoms with E-state index in [4.69, 9.17) is 4.98 Å². The lowest BCUT2D eigenvalue weighted by molar-refractivity contribution is 1.18. The third kappa shape index (κ3) is 5.88. The summed E-state index contributed by atoms with van der Waals surface area (Å²) in [5.74, 6) is 0. The van der Waals surface area contributed by atoms with Crippen LogP contribution in [0.3, 0.4) is 0 Å². The first-order valence-electron chi connectivity index (χ1n) is 17.0. The molecule has 2 heterocycles. The molecular weight excluding hydrogens is 643 g/mol. The van der Waals surface area contributed by atoms with Crippen LogP contribution in [0.4, 0.5) is 44.3 Å². The van der Waals surface area contributed by atoms with Gasteiger partial charge in [0, 0.05) is 50.6 Å². The molecule has 6 heteroatoms. The van der Waals surface area contributed by atoms with Gasteiger partial charge in [0.05, 0.1) is 17.2 Å². The minimum Gasteiger partial charge on any atom is -0.356 e. The molecule has 0 bridgehead atoms. The zero-order chi connectivity index (χ0) is 34.0. The lowest BCUT2D eigenvalue weighted by atomic mass is 10.1. The fourth-order valence-corrected chi connectivity index (χ4v) is 7.74. The third-order valence-electron chi connectivity index (χ3n) is 9.02. The second-order valence-corrected chi connectivity index (χ2v) is 13.2. The van der Waals surface area contributed by atoms with Crippen LogP contribution >= 0.6 is 11.3 Å². The highest BCUT2D eigenvalue weighted by atomic mass is 32.1. The molecule has 0 aliphatic rings. The van der Waals surface area contributed by atoms with E-state index in [1.807, 2.05) is 24.4 Å². The van der Waals surface area contributed by atoms with Crippen molar-refractivity contribution in [3.63, 3.8) is 0 Å². The van der Waals surface area contributed by atoms with E-state index in [9.17, 15) is 0 Å². The van der Waals surface area contributed by atoms with Crippen molar-refractivity contribution in [1.29, 1.82) is 0 Å². The van der Waals surface area contributed by atoms with E-state index >= 15 is 0 Å². The molecule has 9 aromatic rings. The number of nitrogens with one attached hydrogen (secondary N) is 1. The summed E-state index contributed by atoms with van der Waals surface area (Å²) < 4.78 is 2.36. The molecule has 51 heavy (non-hydrogen) atoms. The fourth-order valence-electron chi connectivity index (χ4n) is 6.74. The van der Waals surface area contributed by atoms with Gasteiger partial charge in [-0.1, -0.05) is 102 Å². The molecule has 5 nitrogen and oxygen atoms in total. The van der Waals surface area contributed by atoms with Crippen LogP contribution in [0, 0.1) is 0 Å². The maximum absolute atomic E-state index is 5.04. The van der Waals surface area contributed by atoms with Gasteiger partial charge in [-0.25, -0.2) is 4.98 Å². The highest BCUT2D eigenvalue weighted by Crippen LogP contribution is 2.45. The molecule has 0 unspecified atom stereocenters. The monoisotopic (exact) mass is 675 g/mol. The molecule has 0 fully saturated rings. The molecule has 7 aromatic carbocycles. The first-order chi connectivity index (χ1) is 25.3. The standard InChI is InChI=1S/C45H33N5S/c1-6-16-33(17-7-1)47-34-26-28-42-40(30-34)41-31-39(27-29-43(41)50(42)38-24-14-5-15-25-38)48(35-18-8-2-9-19-35)44-32-46-45(51-44)49(36-20-10-3-11-21-36)37-22-12-4-13-23-37/h1-32,47H. The molecule has 1 N–H and O–H groups in total. The van der Waals surface area contributed by atoms with Crippen LogP contribution < -0.4 is 15.1 Å². The van der Waals surface area contributed by atoms with Crippen molar-refractivity contribution < 1.29 is 0 Å². The Hall–Kier alpha value is -6.63. The quantitative estimate of drug-likeness (QED) is 0.165. The lowest BCUT2D eigenvalue weighted by Gasteiger charge is -2.24. The van der Waals surface area contributed by atoms with Crippen LogP contribution in [0.5, 0.6) is 0 Å². The summed E-state index contributed by atoms with van der Waals surface area (Å²) in [4.78, 5) is 9.57. The molecule has 0 radical (unpaired) electrons. The van der Waals surface area contributed by atoms with Crippen molar-refractivity contribution in [1.82, 2.24) is 9.55 Å². The smallest absolute Gasteiger partial charge is 0.196 e. The second kappa shape index (κ2) is 13.3. The number of para-hydroxylation sites is 5. The number of aromatic nitrogens is 2. The van der Waals surface area contributed by atoms with Gasteiger partial charge in [0.2, 0.25) is 0 Å². The number of fused-ring (bicyclic) bond motifs is 3. The number of nitrogens with zero attached hydrogens (tertiary/aromatic N) is 4. The zero-order valence-corrected chi connectivity index (χ0v) is 28.5. The highest BCUT2D eigenvalue weighted by Gasteiger charge is 2.22. The van der Waals surface area contributed by atoms with Crippen LogP contribution in [0.25, 0.3) is 27.5 Å². The van der Waals surface area contributed by atoms with E-state index in [-0.39, 0.29) is 0 Å². The average Bonchev–Trinajstić information content (AvgIpc) is 3.79. The number of anilines is 8. The zero-order valence-electron chi connectivity index (χ0n) is 27.7. The second-order valence-electron chi connectivity index (χ2n) is 12.3. The maximum atomic E-state index is 5.04. The van der Waals surface area contributed by atoms with E-state index < -0.39 is 0 Å².